The number of nitro benzene ring substituents is 1. The van der Waals surface area contributed by atoms with Crippen LogP contribution in [0.4, 0.5) is 11.4 Å². The summed E-state index contributed by atoms with van der Waals surface area (Å²) in [7, 11) is 0. The molecule has 0 saturated carbocycles. The third-order valence-electron chi connectivity index (χ3n) is 3.70. The van der Waals surface area contributed by atoms with Gasteiger partial charge in [-0.2, -0.15) is 4.98 Å². The van der Waals surface area contributed by atoms with Crippen molar-refractivity contribution in [3.8, 4) is 11.5 Å². The van der Waals surface area contributed by atoms with Gasteiger partial charge in [0.25, 0.3) is 11.6 Å². The van der Waals surface area contributed by atoms with Crippen LogP contribution < -0.4 is 5.32 Å². The monoisotopic (exact) mass is 431 g/mol. The second-order valence-electron chi connectivity index (χ2n) is 5.86. The van der Waals surface area contributed by atoms with E-state index in [1.54, 1.807) is 24.4 Å². The van der Waals surface area contributed by atoms with Crippen molar-refractivity contribution in [2.75, 3.05) is 11.9 Å². The van der Waals surface area contributed by atoms with E-state index in [9.17, 15) is 19.7 Å². The Bertz CT molecular complexity index is 1070. The molecule has 30 heavy (non-hydrogen) atoms. The van der Waals surface area contributed by atoms with E-state index in [-0.39, 0.29) is 35.1 Å². The lowest BCUT2D eigenvalue weighted by molar-refractivity contribution is -0.384. The molecule has 1 aromatic carbocycles. The molecule has 3 aromatic rings. The van der Waals surface area contributed by atoms with Gasteiger partial charge in [-0.3, -0.25) is 24.7 Å². The average molecular weight is 432 g/mol. The van der Waals surface area contributed by atoms with Crippen molar-refractivity contribution in [2.45, 2.75) is 12.8 Å². The number of pyridine rings is 1. The van der Waals surface area contributed by atoms with Gasteiger partial charge in [-0.05, 0) is 24.3 Å². The van der Waals surface area contributed by atoms with Crippen LogP contribution in [0.1, 0.15) is 12.3 Å². The normalized spacial score (nSPS) is 10.4. The number of benzene rings is 1. The molecule has 0 aliphatic heterocycles. The Balaban J connectivity index is 1.45. The summed E-state index contributed by atoms with van der Waals surface area (Å²) in [5.41, 5.74) is 0.338. The van der Waals surface area contributed by atoms with Crippen molar-refractivity contribution in [3.63, 3.8) is 0 Å². The van der Waals surface area contributed by atoms with E-state index in [1.165, 1.54) is 12.1 Å². The Hall–Kier alpha value is -3.86. The number of esters is 1. The maximum atomic E-state index is 11.9. The van der Waals surface area contributed by atoms with Gasteiger partial charge < -0.3 is 14.6 Å². The van der Waals surface area contributed by atoms with E-state index in [0.29, 0.717) is 11.5 Å². The highest BCUT2D eigenvalue weighted by molar-refractivity contribution is 6.32. The van der Waals surface area contributed by atoms with Crippen molar-refractivity contribution >= 4 is 34.9 Å². The molecule has 0 spiro atoms. The summed E-state index contributed by atoms with van der Waals surface area (Å²) in [6.07, 6.45) is 1.64. The van der Waals surface area contributed by atoms with Crippen molar-refractivity contribution in [1.82, 2.24) is 15.1 Å². The highest BCUT2D eigenvalue weighted by atomic mass is 35.5. The number of carbonyl (C=O) groups is 2. The standard InChI is InChI=1S/C18H14ClN5O6/c19-12-5-4-11(9-14(12)24(27)28)21-15(25)10-29-17(26)7-6-16-22-18(23-30-16)13-3-1-2-8-20-13/h1-5,8-9H,6-7,10H2,(H,21,25). The van der Waals surface area contributed by atoms with Crippen LogP contribution in [-0.2, 0) is 20.7 Å². The molecule has 154 valence electrons. The maximum Gasteiger partial charge on any atom is 0.306 e. The van der Waals surface area contributed by atoms with Crippen molar-refractivity contribution in [2.24, 2.45) is 0 Å². The van der Waals surface area contributed by atoms with E-state index in [0.717, 1.165) is 6.07 Å². The molecule has 0 bridgehead atoms. The maximum absolute atomic E-state index is 11.9. The summed E-state index contributed by atoms with van der Waals surface area (Å²) in [5.74, 6) is -0.777. The van der Waals surface area contributed by atoms with E-state index < -0.39 is 23.4 Å². The molecule has 2 heterocycles. The summed E-state index contributed by atoms with van der Waals surface area (Å²) in [5, 5.41) is 17.0. The fourth-order valence-electron chi connectivity index (χ4n) is 2.31. The number of carbonyl (C=O) groups excluding carboxylic acids is 2. The van der Waals surface area contributed by atoms with Gasteiger partial charge in [0.1, 0.15) is 10.7 Å². The summed E-state index contributed by atoms with van der Waals surface area (Å²) in [6, 6.07) is 9.04. The molecule has 2 aromatic heterocycles. The summed E-state index contributed by atoms with van der Waals surface area (Å²) < 4.78 is 9.94. The van der Waals surface area contributed by atoms with Gasteiger partial charge in [0, 0.05) is 24.4 Å². The third-order valence-corrected chi connectivity index (χ3v) is 4.02. The van der Waals surface area contributed by atoms with Gasteiger partial charge >= 0.3 is 5.97 Å². The van der Waals surface area contributed by atoms with Crippen LogP contribution in [0.15, 0.2) is 47.1 Å². The van der Waals surface area contributed by atoms with Crippen LogP contribution in [-0.4, -0.2) is 38.5 Å². The number of nitro groups is 1. The zero-order chi connectivity index (χ0) is 21.5. The zero-order valence-corrected chi connectivity index (χ0v) is 16.0. The molecule has 11 nitrogen and oxygen atoms in total. The van der Waals surface area contributed by atoms with Gasteiger partial charge in [0.15, 0.2) is 6.61 Å². The van der Waals surface area contributed by atoms with Crippen LogP contribution in [0, 0.1) is 10.1 Å². The SMILES string of the molecule is O=C(COC(=O)CCc1nc(-c2ccccn2)no1)Nc1ccc(Cl)c([N+](=O)[O-])c1. The second-order valence-corrected chi connectivity index (χ2v) is 6.27. The number of anilines is 1. The van der Waals surface area contributed by atoms with Crippen LogP contribution in [0.3, 0.4) is 0 Å². The number of nitrogens with one attached hydrogen (secondary N) is 1. The van der Waals surface area contributed by atoms with E-state index >= 15 is 0 Å². The first kappa shape index (κ1) is 20.9. The zero-order valence-electron chi connectivity index (χ0n) is 15.3. The van der Waals surface area contributed by atoms with Gasteiger partial charge in [0.05, 0.1) is 11.3 Å². The predicted molar refractivity (Wildman–Crippen MR) is 104 cm³/mol. The highest BCUT2D eigenvalue weighted by Crippen LogP contribution is 2.27. The Kier molecular flexibility index (Phi) is 6.65. The van der Waals surface area contributed by atoms with E-state index in [2.05, 4.69) is 20.4 Å². The quantitative estimate of drug-likeness (QED) is 0.322. The average Bonchev–Trinajstić information content (AvgIpc) is 3.22. The van der Waals surface area contributed by atoms with E-state index in [4.69, 9.17) is 20.9 Å². The molecule has 0 radical (unpaired) electrons. The smallest absolute Gasteiger partial charge is 0.306 e. The summed E-state index contributed by atoms with van der Waals surface area (Å²) >= 11 is 5.71. The number of nitrogens with zero attached hydrogens (tertiary/aromatic N) is 4. The lowest BCUT2D eigenvalue weighted by Gasteiger charge is -2.06. The Morgan fingerprint density at radius 3 is 2.83 bits per heavy atom. The van der Waals surface area contributed by atoms with Crippen LogP contribution in [0.25, 0.3) is 11.5 Å². The van der Waals surface area contributed by atoms with Gasteiger partial charge in [-0.1, -0.05) is 22.8 Å². The molecule has 12 heteroatoms. The van der Waals surface area contributed by atoms with Crippen LogP contribution in [0.2, 0.25) is 5.02 Å². The molecule has 3 rings (SSSR count). The Morgan fingerprint density at radius 1 is 1.27 bits per heavy atom. The van der Waals surface area contributed by atoms with Gasteiger partial charge in [-0.15, -0.1) is 0 Å². The predicted octanol–water partition coefficient (Wildman–Crippen LogP) is 2.81. The molecule has 0 fully saturated rings. The number of halogens is 1. The third kappa shape index (κ3) is 5.58. The first-order valence-electron chi connectivity index (χ1n) is 8.56. The Labute approximate surface area is 174 Å². The summed E-state index contributed by atoms with van der Waals surface area (Å²) in [4.78, 5) is 42.1. The van der Waals surface area contributed by atoms with Crippen molar-refractivity contribution < 1.29 is 23.8 Å². The number of hydrogen-bond acceptors (Lipinski definition) is 9. The lowest BCUT2D eigenvalue weighted by atomic mass is 10.3. The number of rotatable bonds is 8. The number of aromatic nitrogens is 3. The second kappa shape index (κ2) is 9.56. The fourth-order valence-corrected chi connectivity index (χ4v) is 2.50. The number of ether oxygens (including phenoxy) is 1. The van der Waals surface area contributed by atoms with E-state index in [1.807, 2.05) is 0 Å². The molecular formula is C18H14ClN5O6. The van der Waals surface area contributed by atoms with Crippen molar-refractivity contribution in [1.29, 1.82) is 0 Å². The highest BCUT2D eigenvalue weighted by Gasteiger charge is 2.16. The van der Waals surface area contributed by atoms with Crippen LogP contribution in [0.5, 0.6) is 0 Å². The van der Waals surface area contributed by atoms with Gasteiger partial charge in [-0.25, -0.2) is 0 Å². The largest absolute Gasteiger partial charge is 0.456 e. The first-order valence-corrected chi connectivity index (χ1v) is 8.93. The molecule has 0 unspecified atom stereocenters. The number of aryl methyl sites for hydroxylation is 1. The number of hydrogen-bond donors (Lipinski definition) is 1. The minimum Gasteiger partial charge on any atom is -0.456 e. The molecule has 0 aliphatic carbocycles. The van der Waals surface area contributed by atoms with Gasteiger partial charge in [0.2, 0.25) is 11.7 Å². The molecular weight excluding hydrogens is 418 g/mol. The first-order chi connectivity index (χ1) is 14.4. The Morgan fingerprint density at radius 2 is 2.10 bits per heavy atom. The molecule has 0 aliphatic rings. The minimum atomic E-state index is -0.672. The van der Waals surface area contributed by atoms with Crippen LogP contribution >= 0.6 is 11.6 Å². The summed E-state index contributed by atoms with van der Waals surface area (Å²) in [6.45, 7) is -0.557. The minimum absolute atomic E-state index is 0.0587. The topological polar surface area (TPSA) is 150 Å². The molecule has 1 amide bonds. The number of amides is 1. The fraction of sp³-hybridized carbons (Fsp3) is 0.167. The molecule has 1 N–H and O–H groups in total. The van der Waals surface area contributed by atoms with Crippen molar-refractivity contribution in [3.05, 3.63) is 63.6 Å². The molecule has 0 saturated heterocycles. The molecule has 0 atom stereocenters. The lowest BCUT2D eigenvalue weighted by Crippen LogP contribution is -2.21.